The number of esters is 1. The van der Waals surface area contributed by atoms with Crippen LogP contribution in [0.15, 0.2) is 0 Å². The van der Waals surface area contributed by atoms with Crippen LogP contribution in [0.4, 0.5) is 0 Å². The molecule has 0 saturated heterocycles. The van der Waals surface area contributed by atoms with Crippen molar-refractivity contribution in [3.63, 3.8) is 0 Å². The highest BCUT2D eigenvalue weighted by Gasteiger charge is 2.41. The Kier molecular flexibility index (Phi) is 3.09. The van der Waals surface area contributed by atoms with Gasteiger partial charge >= 0.3 is 5.97 Å². The number of carbonyl (C=O) groups excluding carboxylic acids is 2. The number of ketones is 1. The number of alkyl halides is 1. The van der Waals surface area contributed by atoms with Crippen molar-refractivity contribution in [2.75, 3.05) is 13.0 Å². The van der Waals surface area contributed by atoms with Crippen molar-refractivity contribution in [3.8, 4) is 0 Å². The van der Waals surface area contributed by atoms with E-state index in [9.17, 15) is 9.59 Å². The molecule has 0 aliphatic heterocycles. The van der Waals surface area contributed by atoms with Crippen LogP contribution in [-0.4, -0.2) is 24.7 Å². The lowest BCUT2D eigenvalue weighted by Gasteiger charge is -2.32. The first-order valence-corrected chi connectivity index (χ1v) is 4.40. The summed E-state index contributed by atoms with van der Waals surface area (Å²) >= 11 is 5.37. The molecule has 1 saturated carbocycles. The van der Waals surface area contributed by atoms with Gasteiger partial charge < -0.3 is 4.74 Å². The van der Waals surface area contributed by atoms with E-state index in [4.69, 9.17) is 11.6 Å². The molecule has 2 atom stereocenters. The third-order valence-corrected chi connectivity index (χ3v) is 2.59. The molecule has 1 aliphatic rings. The minimum absolute atomic E-state index is 0.00182. The third-order valence-electron chi connectivity index (χ3n) is 2.32. The first kappa shape index (κ1) is 9.52. The van der Waals surface area contributed by atoms with E-state index in [0.29, 0.717) is 0 Å². The van der Waals surface area contributed by atoms with Gasteiger partial charge in [0.05, 0.1) is 18.9 Å². The fourth-order valence-corrected chi connectivity index (χ4v) is 1.62. The Balaban J connectivity index is 2.49. The fraction of sp³-hybridized carbons (Fsp3) is 0.750. The molecule has 0 aromatic heterocycles. The number of methoxy groups -OCH3 is 1. The highest BCUT2D eigenvalue weighted by atomic mass is 35.5. The molecule has 0 bridgehead atoms. The SMILES string of the molecule is COC(=O)C1CCC1C(=O)CCl. The summed E-state index contributed by atoms with van der Waals surface area (Å²) in [6.07, 6.45) is 1.52. The van der Waals surface area contributed by atoms with Gasteiger partial charge in [-0.1, -0.05) is 0 Å². The van der Waals surface area contributed by atoms with Gasteiger partial charge in [-0.3, -0.25) is 9.59 Å². The molecule has 0 amide bonds. The number of ether oxygens (including phenoxy) is 1. The smallest absolute Gasteiger partial charge is 0.309 e. The Bertz CT molecular complexity index is 180. The number of hydrogen-bond donors (Lipinski definition) is 0. The highest BCUT2D eigenvalue weighted by Crippen LogP contribution is 2.35. The Morgan fingerprint density at radius 2 is 2.00 bits per heavy atom. The second-order valence-electron chi connectivity index (χ2n) is 2.91. The lowest BCUT2D eigenvalue weighted by Crippen LogP contribution is -2.39. The molecule has 0 spiro atoms. The molecule has 0 N–H and O–H groups in total. The predicted octanol–water partition coefficient (Wildman–Crippen LogP) is 0.993. The van der Waals surface area contributed by atoms with Crippen molar-refractivity contribution in [1.82, 2.24) is 0 Å². The second-order valence-corrected chi connectivity index (χ2v) is 3.18. The Hall–Kier alpha value is -0.570. The van der Waals surface area contributed by atoms with Gasteiger partial charge in [0.1, 0.15) is 0 Å². The number of carbonyl (C=O) groups is 2. The van der Waals surface area contributed by atoms with E-state index >= 15 is 0 Å². The summed E-state index contributed by atoms with van der Waals surface area (Å²) in [4.78, 5) is 22.1. The van der Waals surface area contributed by atoms with Crippen LogP contribution in [0.1, 0.15) is 12.8 Å². The van der Waals surface area contributed by atoms with E-state index in [1.54, 1.807) is 0 Å². The molecule has 4 heteroatoms. The maximum atomic E-state index is 11.1. The van der Waals surface area contributed by atoms with Gasteiger partial charge in [-0.2, -0.15) is 0 Å². The monoisotopic (exact) mass is 190 g/mol. The quantitative estimate of drug-likeness (QED) is 0.493. The topological polar surface area (TPSA) is 43.4 Å². The minimum Gasteiger partial charge on any atom is -0.469 e. The number of hydrogen-bond acceptors (Lipinski definition) is 3. The molecule has 12 heavy (non-hydrogen) atoms. The van der Waals surface area contributed by atoms with E-state index < -0.39 is 0 Å². The van der Waals surface area contributed by atoms with Crippen molar-refractivity contribution in [2.45, 2.75) is 12.8 Å². The molecule has 1 fully saturated rings. The van der Waals surface area contributed by atoms with Gasteiger partial charge in [0.2, 0.25) is 0 Å². The van der Waals surface area contributed by atoms with Crippen LogP contribution >= 0.6 is 11.6 Å². The Morgan fingerprint density at radius 3 is 2.33 bits per heavy atom. The summed E-state index contributed by atoms with van der Waals surface area (Å²) in [5, 5.41) is 0. The van der Waals surface area contributed by atoms with Gasteiger partial charge in [0, 0.05) is 5.92 Å². The van der Waals surface area contributed by atoms with Crippen molar-refractivity contribution in [2.24, 2.45) is 11.8 Å². The number of Topliss-reactive ketones (excluding diaryl/α,β-unsaturated/α-hetero) is 1. The van der Waals surface area contributed by atoms with Crippen LogP contribution in [0, 0.1) is 11.8 Å². The molecule has 0 aromatic rings. The van der Waals surface area contributed by atoms with Crippen LogP contribution < -0.4 is 0 Å². The minimum atomic E-state index is -0.287. The van der Waals surface area contributed by atoms with Crippen molar-refractivity contribution < 1.29 is 14.3 Å². The normalized spacial score (nSPS) is 27.5. The van der Waals surface area contributed by atoms with Crippen molar-refractivity contribution >= 4 is 23.4 Å². The van der Waals surface area contributed by atoms with Gasteiger partial charge in [-0.15, -0.1) is 11.6 Å². The van der Waals surface area contributed by atoms with Gasteiger partial charge in [-0.25, -0.2) is 0 Å². The van der Waals surface area contributed by atoms with Gasteiger partial charge in [0.25, 0.3) is 0 Å². The van der Waals surface area contributed by atoms with Crippen LogP contribution in [-0.2, 0) is 14.3 Å². The first-order valence-electron chi connectivity index (χ1n) is 3.87. The molecular formula is C8H11ClO3. The molecule has 1 aliphatic carbocycles. The summed E-state index contributed by atoms with van der Waals surface area (Å²) in [6.45, 7) is 0. The summed E-state index contributed by atoms with van der Waals surface area (Å²) in [7, 11) is 1.34. The number of rotatable bonds is 3. The van der Waals surface area contributed by atoms with Crippen LogP contribution in [0.2, 0.25) is 0 Å². The van der Waals surface area contributed by atoms with Crippen molar-refractivity contribution in [1.29, 1.82) is 0 Å². The average molecular weight is 191 g/mol. The molecule has 0 aromatic carbocycles. The molecule has 0 radical (unpaired) electrons. The van der Waals surface area contributed by atoms with Crippen LogP contribution in [0.5, 0.6) is 0 Å². The van der Waals surface area contributed by atoms with E-state index in [2.05, 4.69) is 4.74 Å². The summed E-state index contributed by atoms with van der Waals surface area (Å²) < 4.78 is 4.54. The summed E-state index contributed by atoms with van der Waals surface area (Å²) in [5.41, 5.74) is 0. The fourth-order valence-electron chi connectivity index (χ4n) is 1.42. The lowest BCUT2D eigenvalue weighted by atomic mass is 9.71. The molecule has 2 unspecified atom stereocenters. The zero-order chi connectivity index (χ0) is 9.14. The highest BCUT2D eigenvalue weighted by molar-refractivity contribution is 6.28. The van der Waals surface area contributed by atoms with Gasteiger partial charge in [-0.05, 0) is 12.8 Å². The second kappa shape index (κ2) is 3.90. The molecule has 68 valence electrons. The van der Waals surface area contributed by atoms with E-state index in [1.807, 2.05) is 0 Å². The van der Waals surface area contributed by atoms with Crippen molar-refractivity contribution in [3.05, 3.63) is 0 Å². The lowest BCUT2D eigenvalue weighted by molar-refractivity contribution is -0.154. The predicted molar refractivity (Wildman–Crippen MR) is 44.0 cm³/mol. The van der Waals surface area contributed by atoms with E-state index in [1.165, 1.54) is 7.11 Å². The Labute approximate surface area is 76.0 Å². The van der Waals surface area contributed by atoms with Gasteiger partial charge in [0.15, 0.2) is 5.78 Å². The maximum absolute atomic E-state index is 11.1. The number of halogens is 1. The molecule has 0 heterocycles. The average Bonchev–Trinajstić information content (AvgIpc) is 2.02. The largest absolute Gasteiger partial charge is 0.469 e. The summed E-state index contributed by atoms with van der Waals surface area (Å²) in [6, 6.07) is 0. The zero-order valence-electron chi connectivity index (χ0n) is 6.88. The third kappa shape index (κ3) is 1.61. The first-order chi connectivity index (χ1) is 5.70. The van der Waals surface area contributed by atoms with Crippen LogP contribution in [0.25, 0.3) is 0 Å². The van der Waals surface area contributed by atoms with Crippen LogP contribution in [0.3, 0.4) is 0 Å². The molecule has 1 rings (SSSR count). The summed E-state index contributed by atoms with van der Waals surface area (Å²) in [5.74, 6) is -0.753. The Morgan fingerprint density at radius 1 is 1.42 bits per heavy atom. The van der Waals surface area contributed by atoms with E-state index in [0.717, 1.165) is 12.8 Å². The zero-order valence-corrected chi connectivity index (χ0v) is 7.63. The molecule has 3 nitrogen and oxygen atoms in total. The maximum Gasteiger partial charge on any atom is 0.309 e. The van der Waals surface area contributed by atoms with E-state index in [-0.39, 0.29) is 29.5 Å². The standard InChI is InChI=1S/C8H11ClO3/c1-12-8(11)6-3-2-5(6)7(10)4-9/h5-6H,2-4H2,1H3. The molecular weight excluding hydrogens is 180 g/mol.